The molecule has 1 fully saturated rings. The van der Waals surface area contributed by atoms with Crippen LogP contribution in [-0.4, -0.2) is 46.3 Å². The zero-order valence-corrected chi connectivity index (χ0v) is 15.0. The van der Waals surface area contributed by atoms with E-state index in [0.29, 0.717) is 6.04 Å². The topological polar surface area (TPSA) is 58.0 Å². The Bertz CT molecular complexity index is 827. The van der Waals surface area contributed by atoms with Crippen LogP contribution in [0.1, 0.15) is 41.2 Å². The van der Waals surface area contributed by atoms with Gasteiger partial charge in [0.05, 0.1) is 11.7 Å². The molecule has 3 aliphatic rings. The third kappa shape index (κ3) is 2.46. The van der Waals surface area contributed by atoms with Gasteiger partial charge in [0.15, 0.2) is 5.82 Å². The second kappa shape index (κ2) is 5.64. The standard InChI is InChI=1S/C19H24N6/c1-12-20-17-8-4-6-15(17)19(21-12)24(2)14-10-25(11-14)18-9-13-5-3-7-16(13)22-23-18/h9,14H,3-8,10-11H2,1-2H3. The van der Waals surface area contributed by atoms with Crippen molar-refractivity contribution < 1.29 is 0 Å². The second-order valence-corrected chi connectivity index (χ2v) is 7.57. The van der Waals surface area contributed by atoms with Crippen molar-refractivity contribution in [2.24, 2.45) is 0 Å². The molecule has 0 spiro atoms. The highest BCUT2D eigenvalue weighted by Crippen LogP contribution is 2.32. The van der Waals surface area contributed by atoms with Crippen LogP contribution in [0.5, 0.6) is 0 Å². The van der Waals surface area contributed by atoms with Crippen LogP contribution < -0.4 is 9.80 Å². The molecule has 0 amide bonds. The highest BCUT2D eigenvalue weighted by atomic mass is 15.4. The van der Waals surface area contributed by atoms with Crippen molar-refractivity contribution in [2.75, 3.05) is 29.9 Å². The number of likely N-dealkylation sites (N-methyl/N-ethyl adjacent to an activating group) is 1. The van der Waals surface area contributed by atoms with Crippen molar-refractivity contribution in [1.82, 2.24) is 20.2 Å². The quantitative estimate of drug-likeness (QED) is 0.853. The minimum Gasteiger partial charge on any atom is -0.353 e. The van der Waals surface area contributed by atoms with Crippen LogP contribution in [0.3, 0.4) is 0 Å². The molecular formula is C19H24N6. The van der Waals surface area contributed by atoms with Crippen LogP contribution in [0.25, 0.3) is 0 Å². The molecular weight excluding hydrogens is 312 g/mol. The van der Waals surface area contributed by atoms with Gasteiger partial charge < -0.3 is 9.80 Å². The number of anilines is 2. The molecule has 1 saturated heterocycles. The minimum absolute atomic E-state index is 0.481. The molecule has 2 aliphatic carbocycles. The maximum Gasteiger partial charge on any atom is 0.151 e. The lowest BCUT2D eigenvalue weighted by molar-refractivity contribution is 0.486. The average molecular weight is 336 g/mol. The summed E-state index contributed by atoms with van der Waals surface area (Å²) in [5.41, 5.74) is 5.22. The van der Waals surface area contributed by atoms with Crippen LogP contribution in [-0.2, 0) is 25.7 Å². The summed E-state index contributed by atoms with van der Waals surface area (Å²) >= 11 is 0. The number of hydrogen-bond donors (Lipinski definition) is 0. The normalized spacial score (nSPS) is 18.9. The molecule has 6 nitrogen and oxygen atoms in total. The minimum atomic E-state index is 0.481. The van der Waals surface area contributed by atoms with Gasteiger partial charge in [-0.1, -0.05) is 0 Å². The van der Waals surface area contributed by atoms with E-state index in [1.807, 2.05) is 6.92 Å². The van der Waals surface area contributed by atoms with E-state index in [-0.39, 0.29) is 0 Å². The summed E-state index contributed by atoms with van der Waals surface area (Å²) < 4.78 is 0. The average Bonchev–Trinajstić information content (AvgIpc) is 3.20. The SMILES string of the molecule is Cc1nc2c(c(N(C)C3CN(c4cc5c(nn4)CCC5)C3)n1)CCC2. The second-order valence-electron chi connectivity index (χ2n) is 7.57. The van der Waals surface area contributed by atoms with Gasteiger partial charge in [-0.15, -0.1) is 5.10 Å². The monoisotopic (exact) mass is 336 g/mol. The van der Waals surface area contributed by atoms with Gasteiger partial charge in [-0.25, -0.2) is 9.97 Å². The molecule has 0 aromatic carbocycles. The number of rotatable bonds is 3. The van der Waals surface area contributed by atoms with Gasteiger partial charge in [0.2, 0.25) is 0 Å². The largest absolute Gasteiger partial charge is 0.353 e. The van der Waals surface area contributed by atoms with Gasteiger partial charge in [0.1, 0.15) is 11.6 Å². The molecule has 0 radical (unpaired) electrons. The van der Waals surface area contributed by atoms with E-state index in [1.54, 1.807) is 0 Å². The molecule has 0 bridgehead atoms. The highest BCUT2D eigenvalue weighted by Gasteiger charge is 2.34. The first-order chi connectivity index (χ1) is 12.2. The molecule has 2 aromatic rings. The van der Waals surface area contributed by atoms with Crippen LogP contribution >= 0.6 is 0 Å². The molecule has 130 valence electrons. The van der Waals surface area contributed by atoms with E-state index in [2.05, 4.69) is 38.1 Å². The molecule has 6 heteroatoms. The first-order valence-electron chi connectivity index (χ1n) is 9.38. The molecule has 0 unspecified atom stereocenters. The van der Waals surface area contributed by atoms with Gasteiger partial charge in [-0.05, 0) is 57.1 Å². The summed E-state index contributed by atoms with van der Waals surface area (Å²) in [5.74, 6) is 3.07. The van der Waals surface area contributed by atoms with Crippen LogP contribution in [0.4, 0.5) is 11.6 Å². The Labute approximate surface area is 148 Å². The predicted molar refractivity (Wildman–Crippen MR) is 97.3 cm³/mol. The van der Waals surface area contributed by atoms with Crippen molar-refractivity contribution in [3.05, 3.63) is 34.4 Å². The lowest BCUT2D eigenvalue weighted by Gasteiger charge is -2.45. The maximum atomic E-state index is 4.76. The summed E-state index contributed by atoms with van der Waals surface area (Å²) in [4.78, 5) is 14.1. The lowest BCUT2D eigenvalue weighted by Crippen LogP contribution is -2.59. The first-order valence-corrected chi connectivity index (χ1v) is 9.38. The molecule has 1 aliphatic heterocycles. The number of aryl methyl sites for hydroxylation is 4. The number of fused-ring (bicyclic) bond motifs is 2. The van der Waals surface area contributed by atoms with Crippen molar-refractivity contribution in [3.63, 3.8) is 0 Å². The molecule has 0 N–H and O–H groups in total. The van der Waals surface area contributed by atoms with Crippen molar-refractivity contribution in [2.45, 2.75) is 51.5 Å². The Balaban J connectivity index is 1.32. The molecule has 5 rings (SSSR count). The fourth-order valence-corrected chi connectivity index (χ4v) is 4.36. The predicted octanol–water partition coefficient (Wildman–Crippen LogP) is 1.88. The van der Waals surface area contributed by atoms with E-state index >= 15 is 0 Å². The van der Waals surface area contributed by atoms with Gasteiger partial charge in [0.25, 0.3) is 0 Å². The van der Waals surface area contributed by atoms with E-state index in [4.69, 9.17) is 4.98 Å². The molecule has 3 heterocycles. The van der Waals surface area contributed by atoms with Gasteiger partial charge >= 0.3 is 0 Å². The van der Waals surface area contributed by atoms with Gasteiger partial charge in [-0.2, -0.15) is 5.10 Å². The molecule has 0 atom stereocenters. The third-order valence-electron chi connectivity index (χ3n) is 5.90. The van der Waals surface area contributed by atoms with E-state index < -0.39 is 0 Å². The molecule has 0 saturated carbocycles. The Morgan fingerprint density at radius 2 is 1.80 bits per heavy atom. The summed E-state index contributed by atoms with van der Waals surface area (Å²) in [6, 6.07) is 2.73. The van der Waals surface area contributed by atoms with E-state index in [1.165, 1.54) is 35.4 Å². The highest BCUT2D eigenvalue weighted by molar-refractivity contribution is 5.54. The summed E-state index contributed by atoms with van der Waals surface area (Å²) in [5, 5.41) is 8.87. The summed E-state index contributed by atoms with van der Waals surface area (Å²) in [6.45, 7) is 3.98. The molecule has 25 heavy (non-hydrogen) atoms. The fraction of sp³-hybridized carbons (Fsp3) is 0.579. The Hall–Kier alpha value is -2.24. The van der Waals surface area contributed by atoms with E-state index in [0.717, 1.165) is 56.2 Å². The first kappa shape index (κ1) is 15.0. The number of nitrogens with zero attached hydrogens (tertiary/aromatic N) is 6. The van der Waals surface area contributed by atoms with Gasteiger partial charge in [0, 0.05) is 31.4 Å². The van der Waals surface area contributed by atoms with Crippen LogP contribution in [0.2, 0.25) is 0 Å². The zero-order chi connectivity index (χ0) is 17.0. The lowest BCUT2D eigenvalue weighted by atomic mass is 10.1. The van der Waals surface area contributed by atoms with Crippen LogP contribution in [0.15, 0.2) is 6.07 Å². The van der Waals surface area contributed by atoms with Crippen LogP contribution in [0, 0.1) is 6.92 Å². The van der Waals surface area contributed by atoms with Crippen molar-refractivity contribution >= 4 is 11.6 Å². The Kier molecular flexibility index (Phi) is 3.40. The Morgan fingerprint density at radius 1 is 1.00 bits per heavy atom. The summed E-state index contributed by atoms with van der Waals surface area (Å²) in [6.07, 6.45) is 6.88. The Morgan fingerprint density at radius 3 is 2.68 bits per heavy atom. The maximum absolute atomic E-state index is 4.76. The van der Waals surface area contributed by atoms with E-state index in [9.17, 15) is 0 Å². The van der Waals surface area contributed by atoms with Crippen molar-refractivity contribution in [3.8, 4) is 0 Å². The third-order valence-corrected chi connectivity index (χ3v) is 5.90. The fourth-order valence-electron chi connectivity index (χ4n) is 4.36. The number of hydrogen-bond acceptors (Lipinski definition) is 6. The van der Waals surface area contributed by atoms with Crippen molar-refractivity contribution in [1.29, 1.82) is 0 Å². The smallest absolute Gasteiger partial charge is 0.151 e. The molecule has 2 aromatic heterocycles. The summed E-state index contributed by atoms with van der Waals surface area (Å²) in [7, 11) is 2.18. The number of aromatic nitrogens is 4. The van der Waals surface area contributed by atoms with Gasteiger partial charge in [-0.3, -0.25) is 0 Å². The zero-order valence-electron chi connectivity index (χ0n) is 15.0.